The topological polar surface area (TPSA) is 58.2 Å². The number of hydrogen-bond acceptors (Lipinski definition) is 4. The molecule has 0 radical (unpaired) electrons. The number of nitrogens with one attached hydrogen (secondary N) is 2. The maximum atomic E-state index is 12.3. The Bertz CT molecular complexity index is 678. The molecule has 0 aliphatic rings. The molecule has 20 heavy (non-hydrogen) atoms. The minimum absolute atomic E-state index is 0.304. The monoisotopic (exact) mass is 310 g/mol. The Kier molecular flexibility index (Phi) is 4.93. The van der Waals surface area contributed by atoms with E-state index in [1.165, 1.54) is 0 Å². The molecule has 0 spiro atoms. The van der Waals surface area contributed by atoms with Crippen molar-refractivity contribution >= 4 is 21.4 Å². The Hall–Kier alpha value is -1.21. The summed E-state index contributed by atoms with van der Waals surface area (Å²) in [5.41, 5.74) is 3.08. The van der Waals surface area contributed by atoms with Crippen LogP contribution in [0.25, 0.3) is 0 Å². The Morgan fingerprint density at radius 3 is 2.65 bits per heavy atom. The third-order valence-electron chi connectivity index (χ3n) is 3.00. The average molecular weight is 310 g/mol. The molecule has 0 saturated carbocycles. The van der Waals surface area contributed by atoms with E-state index in [9.17, 15) is 8.42 Å². The van der Waals surface area contributed by atoms with Crippen molar-refractivity contribution in [1.82, 2.24) is 10.0 Å². The second kappa shape index (κ2) is 6.49. The van der Waals surface area contributed by atoms with E-state index in [1.54, 1.807) is 29.5 Å². The Morgan fingerprint density at radius 2 is 2.00 bits per heavy atom. The van der Waals surface area contributed by atoms with Gasteiger partial charge in [0, 0.05) is 13.1 Å². The number of thiophene rings is 1. The van der Waals surface area contributed by atoms with E-state index in [1.807, 2.05) is 30.8 Å². The van der Waals surface area contributed by atoms with Gasteiger partial charge in [0.15, 0.2) is 0 Å². The van der Waals surface area contributed by atoms with Gasteiger partial charge >= 0.3 is 0 Å². The lowest BCUT2D eigenvalue weighted by Gasteiger charge is -2.08. The van der Waals surface area contributed by atoms with Crippen LogP contribution in [0.2, 0.25) is 0 Å². The van der Waals surface area contributed by atoms with Crippen LogP contribution in [0.4, 0.5) is 0 Å². The van der Waals surface area contributed by atoms with Crippen LogP contribution >= 0.6 is 11.3 Å². The zero-order valence-corrected chi connectivity index (χ0v) is 13.1. The van der Waals surface area contributed by atoms with Crippen molar-refractivity contribution in [3.05, 3.63) is 51.7 Å². The molecule has 4 nitrogen and oxygen atoms in total. The van der Waals surface area contributed by atoms with Crippen molar-refractivity contribution < 1.29 is 8.42 Å². The molecule has 0 amide bonds. The van der Waals surface area contributed by atoms with Gasteiger partial charge in [0.1, 0.15) is 0 Å². The fourth-order valence-electron chi connectivity index (χ4n) is 1.85. The van der Waals surface area contributed by atoms with Crippen LogP contribution in [-0.4, -0.2) is 15.5 Å². The summed E-state index contributed by atoms with van der Waals surface area (Å²) >= 11 is 1.58. The molecule has 0 unspecified atom stereocenters. The van der Waals surface area contributed by atoms with Gasteiger partial charge in [0.2, 0.25) is 10.0 Å². The largest absolute Gasteiger partial charge is 0.316 e. The first-order valence-corrected chi connectivity index (χ1v) is 8.70. The van der Waals surface area contributed by atoms with Gasteiger partial charge in [0.05, 0.1) is 4.90 Å². The Labute approximate surface area is 123 Å². The van der Waals surface area contributed by atoms with Gasteiger partial charge in [-0.2, -0.15) is 11.3 Å². The SMILES string of the molecule is CNCc1cccc(S(=O)(=O)NCc2cscc2C)c1. The highest BCUT2D eigenvalue weighted by Gasteiger charge is 2.14. The molecule has 0 aliphatic carbocycles. The van der Waals surface area contributed by atoms with E-state index in [4.69, 9.17) is 0 Å². The molecule has 0 atom stereocenters. The van der Waals surface area contributed by atoms with E-state index in [2.05, 4.69) is 10.0 Å². The van der Waals surface area contributed by atoms with Crippen LogP contribution in [0.15, 0.2) is 39.9 Å². The smallest absolute Gasteiger partial charge is 0.240 e. The summed E-state index contributed by atoms with van der Waals surface area (Å²) in [5.74, 6) is 0. The van der Waals surface area contributed by atoms with Gasteiger partial charge in [-0.3, -0.25) is 0 Å². The molecule has 1 aromatic carbocycles. The quantitative estimate of drug-likeness (QED) is 0.860. The second-order valence-electron chi connectivity index (χ2n) is 4.58. The molecule has 1 heterocycles. The number of aryl methyl sites for hydroxylation is 1. The van der Waals surface area contributed by atoms with Gasteiger partial charge in [-0.15, -0.1) is 0 Å². The zero-order chi connectivity index (χ0) is 14.6. The van der Waals surface area contributed by atoms with Crippen molar-refractivity contribution in [2.24, 2.45) is 0 Å². The molecule has 2 aromatic rings. The summed E-state index contributed by atoms with van der Waals surface area (Å²) in [4.78, 5) is 0.304. The van der Waals surface area contributed by atoms with Gasteiger partial charge in [-0.25, -0.2) is 13.1 Å². The molecule has 0 bridgehead atoms. The van der Waals surface area contributed by atoms with Crippen molar-refractivity contribution in [2.45, 2.75) is 24.9 Å². The first-order valence-electron chi connectivity index (χ1n) is 6.28. The minimum atomic E-state index is -3.47. The normalized spacial score (nSPS) is 11.7. The summed E-state index contributed by atoms with van der Waals surface area (Å²) < 4.78 is 27.2. The van der Waals surface area contributed by atoms with Gasteiger partial charge in [0.25, 0.3) is 0 Å². The zero-order valence-electron chi connectivity index (χ0n) is 11.5. The first kappa shape index (κ1) is 15.2. The number of rotatable bonds is 6. The molecule has 2 N–H and O–H groups in total. The third-order valence-corrected chi connectivity index (χ3v) is 5.31. The number of sulfonamides is 1. The number of hydrogen-bond donors (Lipinski definition) is 2. The third kappa shape index (κ3) is 3.67. The summed E-state index contributed by atoms with van der Waals surface area (Å²) in [7, 11) is -1.63. The standard InChI is InChI=1S/C14H18N2O2S2/c1-11-9-19-10-13(11)8-16-20(17,18)14-5-3-4-12(6-14)7-15-2/h3-6,9-10,15-16H,7-8H2,1-2H3. The molecular formula is C14H18N2O2S2. The summed E-state index contributed by atoms with van der Waals surface area (Å²) in [6.45, 7) is 2.95. The van der Waals surface area contributed by atoms with Crippen LogP contribution in [-0.2, 0) is 23.1 Å². The minimum Gasteiger partial charge on any atom is -0.316 e. The second-order valence-corrected chi connectivity index (χ2v) is 7.09. The predicted octanol–water partition coefficient (Wildman–Crippen LogP) is 2.25. The summed E-state index contributed by atoms with van der Waals surface area (Å²) in [6, 6.07) is 6.97. The maximum absolute atomic E-state index is 12.3. The lowest BCUT2D eigenvalue weighted by atomic mass is 10.2. The highest BCUT2D eigenvalue weighted by atomic mass is 32.2. The van der Waals surface area contributed by atoms with Crippen LogP contribution < -0.4 is 10.0 Å². The van der Waals surface area contributed by atoms with Crippen molar-refractivity contribution in [2.75, 3.05) is 7.05 Å². The van der Waals surface area contributed by atoms with Crippen molar-refractivity contribution in [1.29, 1.82) is 0 Å². The van der Waals surface area contributed by atoms with E-state index in [-0.39, 0.29) is 0 Å². The molecular weight excluding hydrogens is 292 g/mol. The molecule has 0 aliphatic heterocycles. The summed E-state index contributed by atoms with van der Waals surface area (Å²) in [5, 5.41) is 6.99. The van der Waals surface area contributed by atoms with Gasteiger partial charge < -0.3 is 5.32 Å². The molecule has 1 aromatic heterocycles. The van der Waals surface area contributed by atoms with Gasteiger partial charge in [-0.1, -0.05) is 12.1 Å². The maximum Gasteiger partial charge on any atom is 0.240 e. The van der Waals surface area contributed by atoms with E-state index < -0.39 is 10.0 Å². The fourth-order valence-corrected chi connectivity index (χ4v) is 3.78. The molecule has 6 heteroatoms. The highest BCUT2D eigenvalue weighted by molar-refractivity contribution is 7.89. The first-order chi connectivity index (χ1) is 9.53. The lowest BCUT2D eigenvalue weighted by molar-refractivity contribution is 0.581. The van der Waals surface area contributed by atoms with E-state index in [0.717, 1.165) is 16.7 Å². The predicted molar refractivity (Wildman–Crippen MR) is 82.3 cm³/mol. The fraction of sp³-hybridized carbons (Fsp3) is 0.286. The van der Waals surface area contributed by atoms with Crippen LogP contribution in [0, 0.1) is 6.92 Å². The van der Waals surface area contributed by atoms with Crippen molar-refractivity contribution in [3.8, 4) is 0 Å². The highest BCUT2D eigenvalue weighted by Crippen LogP contribution is 2.16. The van der Waals surface area contributed by atoms with Gasteiger partial charge in [-0.05, 0) is 53.6 Å². The van der Waals surface area contributed by atoms with Crippen LogP contribution in [0.3, 0.4) is 0 Å². The molecule has 0 fully saturated rings. The Morgan fingerprint density at radius 1 is 1.20 bits per heavy atom. The molecule has 0 saturated heterocycles. The molecule has 108 valence electrons. The molecule has 2 rings (SSSR count). The van der Waals surface area contributed by atoms with E-state index in [0.29, 0.717) is 18.0 Å². The van der Waals surface area contributed by atoms with E-state index >= 15 is 0 Å². The lowest BCUT2D eigenvalue weighted by Crippen LogP contribution is -2.23. The van der Waals surface area contributed by atoms with Crippen LogP contribution in [0.5, 0.6) is 0 Å². The van der Waals surface area contributed by atoms with Crippen LogP contribution in [0.1, 0.15) is 16.7 Å². The Balaban J connectivity index is 2.14. The average Bonchev–Trinajstić information content (AvgIpc) is 2.83. The van der Waals surface area contributed by atoms with Crippen molar-refractivity contribution in [3.63, 3.8) is 0 Å². The number of benzene rings is 1. The summed E-state index contributed by atoms with van der Waals surface area (Å²) in [6.07, 6.45) is 0.